The van der Waals surface area contributed by atoms with Crippen LogP contribution in [0.2, 0.25) is 0 Å². The van der Waals surface area contributed by atoms with Crippen LogP contribution in [-0.2, 0) is 4.57 Å². The number of aromatic nitrogens is 6. The molecule has 0 aliphatic carbocycles. The fourth-order valence-electron chi connectivity index (χ4n) is 16.8. The second-order valence-electron chi connectivity index (χ2n) is 25.8. The highest BCUT2D eigenvalue weighted by Crippen LogP contribution is 2.48. The number of fused-ring (bicyclic) bond motifs is 21. The summed E-state index contributed by atoms with van der Waals surface area (Å²) in [4.78, 5) is 0. The van der Waals surface area contributed by atoms with Crippen molar-refractivity contribution in [3.05, 3.63) is 346 Å². The third-order valence-corrected chi connectivity index (χ3v) is 23.9. The zero-order chi connectivity index (χ0) is 64.3. The molecule has 7 nitrogen and oxygen atoms in total. The lowest BCUT2D eigenvalue weighted by atomic mass is 10.1. The lowest BCUT2D eigenvalue weighted by Crippen LogP contribution is -2.25. The average Bonchev–Trinajstić information content (AvgIpc) is 1.57. The van der Waals surface area contributed by atoms with E-state index in [1.54, 1.807) is 0 Å². The van der Waals surface area contributed by atoms with E-state index in [2.05, 4.69) is 373 Å². The van der Waals surface area contributed by atoms with E-state index >= 15 is 4.57 Å². The Hall–Kier alpha value is -12.7. The Morgan fingerprint density at radius 1 is 0.163 bits per heavy atom. The molecular formula is C90H57N6OP. The molecule has 0 saturated heterocycles. The summed E-state index contributed by atoms with van der Waals surface area (Å²) >= 11 is 0. The summed E-state index contributed by atoms with van der Waals surface area (Å²) in [5.41, 5.74) is 19.9. The lowest BCUT2D eigenvalue weighted by Gasteiger charge is -2.22. The molecule has 0 N–H and O–H groups in total. The van der Waals surface area contributed by atoms with Gasteiger partial charge in [0.15, 0.2) is 7.14 Å². The highest BCUT2D eigenvalue weighted by Gasteiger charge is 2.32. The predicted octanol–water partition coefficient (Wildman–Crippen LogP) is 21.9. The second kappa shape index (κ2) is 20.9. The average molecular weight is 1270 g/mol. The zero-order valence-electron chi connectivity index (χ0n) is 52.9. The van der Waals surface area contributed by atoms with Gasteiger partial charge in [-0.3, -0.25) is 0 Å². The van der Waals surface area contributed by atoms with E-state index in [9.17, 15) is 0 Å². The summed E-state index contributed by atoms with van der Waals surface area (Å²) in [7, 11) is -3.66. The molecule has 6 aromatic heterocycles. The maximum absolute atomic E-state index is 17.5. The van der Waals surface area contributed by atoms with E-state index in [0.717, 1.165) is 83.1 Å². The van der Waals surface area contributed by atoms with E-state index in [4.69, 9.17) is 0 Å². The lowest BCUT2D eigenvalue weighted by molar-refractivity contribution is 0.592. The highest BCUT2D eigenvalue weighted by atomic mass is 31.2. The maximum Gasteiger partial charge on any atom is 0.171 e. The summed E-state index contributed by atoms with van der Waals surface area (Å²) in [5, 5.41) is 16.6. The van der Waals surface area contributed by atoms with Crippen molar-refractivity contribution in [2.24, 2.45) is 0 Å². The Kier molecular flexibility index (Phi) is 11.7. The number of rotatable bonds is 9. The van der Waals surface area contributed by atoms with Crippen LogP contribution in [0.5, 0.6) is 0 Å². The van der Waals surface area contributed by atoms with Gasteiger partial charge in [0.25, 0.3) is 0 Å². The third-order valence-electron chi connectivity index (χ3n) is 20.9. The van der Waals surface area contributed by atoms with Crippen LogP contribution in [0, 0.1) is 0 Å². The van der Waals surface area contributed by atoms with E-state index < -0.39 is 7.14 Å². The molecule has 0 radical (unpaired) electrons. The summed E-state index contributed by atoms with van der Waals surface area (Å²) in [6.07, 6.45) is 0. The van der Waals surface area contributed by atoms with Gasteiger partial charge in [0.2, 0.25) is 0 Å². The minimum absolute atomic E-state index is 0.745. The molecule has 98 heavy (non-hydrogen) atoms. The maximum atomic E-state index is 17.5. The van der Waals surface area contributed by atoms with Crippen LogP contribution < -0.4 is 15.9 Å². The normalized spacial score (nSPS) is 12.3. The first-order valence-electron chi connectivity index (χ1n) is 33.5. The van der Waals surface area contributed by atoms with Gasteiger partial charge in [0, 0.05) is 115 Å². The van der Waals surface area contributed by atoms with Gasteiger partial charge in [-0.25, -0.2) is 0 Å². The van der Waals surface area contributed by atoms with Crippen LogP contribution in [0.1, 0.15) is 0 Å². The summed E-state index contributed by atoms with van der Waals surface area (Å²) < 4.78 is 31.9. The first kappa shape index (κ1) is 54.7. The highest BCUT2D eigenvalue weighted by molar-refractivity contribution is 7.85. The largest absolute Gasteiger partial charge is 0.309 e. The van der Waals surface area contributed by atoms with Gasteiger partial charge >= 0.3 is 0 Å². The molecule has 21 rings (SSSR count). The Morgan fingerprint density at radius 2 is 0.378 bits per heavy atom. The number of nitrogens with zero attached hydrogens (tertiary/aromatic N) is 6. The van der Waals surface area contributed by atoms with Gasteiger partial charge < -0.3 is 32.0 Å². The fraction of sp³-hybridized carbons (Fsp3) is 0. The molecule has 0 fully saturated rings. The van der Waals surface area contributed by atoms with Gasteiger partial charge in [-0.15, -0.1) is 0 Å². The monoisotopic (exact) mass is 1270 g/mol. The van der Waals surface area contributed by atoms with E-state index in [0.29, 0.717) is 0 Å². The van der Waals surface area contributed by atoms with Crippen LogP contribution in [-0.4, -0.2) is 27.4 Å². The summed E-state index contributed by atoms with van der Waals surface area (Å²) in [5.74, 6) is 0. The number of benzene rings is 15. The van der Waals surface area contributed by atoms with Crippen molar-refractivity contribution >= 4 is 154 Å². The standard InChI is InChI=1S/C90H57N6OP/c97-98(64-46-40-61(41-47-64)91-79-37-19-13-31-73(79)85-82(91)55-52-70-67-28-10-16-34-76(67)94(88(70)85)58-22-4-1-5-23-58,65-48-42-62(43-49-65)92-80-38-20-14-32-74(80)86-83(92)56-53-71-68-29-11-17-35-77(68)95(89(71)86)59-24-6-2-7-25-59)66-50-44-63(45-51-66)93-81-39-21-15-33-75(81)87-84(93)57-54-72-69-30-12-18-36-78(69)96(90(72)87)60-26-8-3-9-27-60/h1-57H. The van der Waals surface area contributed by atoms with Gasteiger partial charge in [-0.05, 0) is 164 Å². The number of para-hydroxylation sites is 9. The molecule has 8 heteroatoms. The van der Waals surface area contributed by atoms with E-state index in [1.165, 1.54) is 97.7 Å². The molecule has 0 atom stereocenters. The van der Waals surface area contributed by atoms with E-state index in [-0.39, 0.29) is 0 Å². The Bertz CT molecular complexity index is 6250. The summed E-state index contributed by atoms with van der Waals surface area (Å²) in [6, 6.07) is 124. The van der Waals surface area contributed by atoms with Crippen molar-refractivity contribution in [1.82, 2.24) is 27.4 Å². The van der Waals surface area contributed by atoms with Crippen LogP contribution in [0.3, 0.4) is 0 Å². The Labute approximate surface area is 562 Å². The molecule has 21 aromatic rings. The molecule has 0 spiro atoms. The molecule has 0 bridgehead atoms. The van der Waals surface area contributed by atoms with Crippen LogP contribution in [0.4, 0.5) is 0 Å². The van der Waals surface area contributed by atoms with Crippen LogP contribution in [0.25, 0.3) is 165 Å². The number of hydrogen-bond donors (Lipinski definition) is 0. The fourth-order valence-corrected chi connectivity index (χ4v) is 19.4. The SMILES string of the molecule is O=P(c1ccc(-n2c3ccccc3c3c2ccc2c4ccccc4n(-c4ccccc4)c23)cc1)(c1ccc(-n2c3ccccc3c3c2ccc2c4ccccc4n(-c4ccccc4)c23)cc1)c1ccc(-n2c3ccccc3c3c2ccc2c4ccccc4n(-c4ccccc4)c23)cc1. The molecule has 458 valence electrons. The van der Waals surface area contributed by atoms with Crippen molar-refractivity contribution < 1.29 is 4.57 Å². The quantitative estimate of drug-likeness (QED) is 0.133. The first-order valence-corrected chi connectivity index (χ1v) is 35.2. The molecule has 0 aliphatic rings. The zero-order valence-corrected chi connectivity index (χ0v) is 53.8. The molecular weight excluding hydrogens is 1210 g/mol. The van der Waals surface area contributed by atoms with Gasteiger partial charge in [-0.2, -0.15) is 0 Å². The predicted molar refractivity (Wildman–Crippen MR) is 412 cm³/mol. The molecule has 0 saturated carbocycles. The summed E-state index contributed by atoms with van der Waals surface area (Å²) in [6.45, 7) is 0. The third kappa shape index (κ3) is 7.62. The van der Waals surface area contributed by atoms with Crippen molar-refractivity contribution in [1.29, 1.82) is 0 Å². The number of hydrogen-bond acceptors (Lipinski definition) is 1. The first-order chi connectivity index (χ1) is 48.6. The minimum atomic E-state index is -3.66. The van der Waals surface area contributed by atoms with Crippen molar-refractivity contribution in [2.45, 2.75) is 0 Å². The van der Waals surface area contributed by atoms with Crippen LogP contribution in [0.15, 0.2) is 346 Å². The molecule has 0 unspecified atom stereocenters. The van der Waals surface area contributed by atoms with Crippen molar-refractivity contribution in [3.63, 3.8) is 0 Å². The topological polar surface area (TPSA) is 46.6 Å². The van der Waals surface area contributed by atoms with Gasteiger partial charge in [-0.1, -0.05) is 182 Å². The molecule has 6 heterocycles. The Balaban J connectivity index is 0.753. The van der Waals surface area contributed by atoms with Crippen molar-refractivity contribution in [3.8, 4) is 34.1 Å². The molecule has 0 aliphatic heterocycles. The molecule has 15 aromatic carbocycles. The van der Waals surface area contributed by atoms with Crippen molar-refractivity contribution in [2.75, 3.05) is 0 Å². The second-order valence-corrected chi connectivity index (χ2v) is 28.6. The smallest absolute Gasteiger partial charge is 0.171 e. The molecule has 0 amide bonds. The van der Waals surface area contributed by atoms with Crippen LogP contribution >= 0.6 is 7.14 Å². The minimum Gasteiger partial charge on any atom is -0.309 e. The van der Waals surface area contributed by atoms with E-state index in [1.807, 2.05) is 0 Å². The van der Waals surface area contributed by atoms with Gasteiger partial charge in [0.05, 0.1) is 66.2 Å². The van der Waals surface area contributed by atoms with Gasteiger partial charge in [0.1, 0.15) is 0 Å². The Morgan fingerprint density at radius 3 is 0.643 bits per heavy atom.